The molecule has 4 N–H and O–H groups in total. The summed E-state index contributed by atoms with van der Waals surface area (Å²) in [6.45, 7) is 7.56. The summed E-state index contributed by atoms with van der Waals surface area (Å²) in [4.78, 5) is 0. The smallest absolute Gasteiger partial charge is 0.106 e. The van der Waals surface area contributed by atoms with Crippen LogP contribution in [0.25, 0.3) is 0 Å². The van der Waals surface area contributed by atoms with Crippen molar-refractivity contribution in [1.82, 2.24) is 0 Å². The Bertz CT molecular complexity index is 251. The second-order valence-electron chi connectivity index (χ2n) is 6.76. The molecule has 0 aromatic carbocycles. The van der Waals surface area contributed by atoms with Crippen LogP contribution in [-0.4, -0.2) is 38.4 Å². The van der Waals surface area contributed by atoms with Crippen LogP contribution in [0.5, 0.6) is 0 Å². The van der Waals surface area contributed by atoms with Crippen molar-refractivity contribution in [3.05, 3.63) is 0 Å². The molecule has 0 rings (SSSR count). The van der Waals surface area contributed by atoms with Gasteiger partial charge in [-0.15, -0.1) is 0 Å². The van der Waals surface area contributed by atoms with Crippen LogP contribution in [0.2, 0.25) is 0 Å². The minimum atomic E-state index is -0.326. The Labute approximate surface area is 149 Å². The number of rotatable bonds is 18. The predicted molar refractivity (Wildman–Crippen MR) is 101 cm³/mol. The fourth-order valence-electron chi connectivity index (χ4n) is 2.60. The highest BCUT2D eigenvalue weighted by atomic mass is 16.6. The van der Waals surface area contributed by atoms with Gasteiger partial charge in [0.2, 0.25) is 0 Å². The van der Waals surface area contributed by atoms with Crippen LogP contribution in [0.4, 0.5) is 0 Å². The molecule has 3 atom stereocenters. The first-order valence-electron chi connectivity index (χ1n) is 9.92. The molecule has 24 heavy (non-hydrogen) atoms. The highest BCUT2D eigenvalue weighted by Crippen LogP contribution is 2.10. The quantitative estimate of drug-likeness (QED) is 0.290. The second-order valence-corrected chi connectivity index (χ2v) is 6.76. The molecule has 0 heterocycles. The number of hydrogen-bond donors (Lipinski definition) is 2. The molecule has 0 fully saturated rings. The Balaban J connectivity index is 3.44. The van der Waals surface area contributed by atoms with E-state index in [2.05, 4.69) is 6.92 Å². The van der Waals surface area contributed by atoms with Crippen LogP contribution < -0.4 is 11.5 Å². The van der Waals surface area contributed by atoms with Crippen molar-refractivity contribution in [3.8, 4) is 0 Å². The summed E-state index contributed by atoms with van der Waals surface area (Å²) >= 11 is 0. The largest absolute Gasteiger partial charge is 0.379 e. The number of hydrogen-bond acceptors (Lipinski definition) is 5. The average molecular weight is 347 g/mol. The minimum absolute atomic E-state index is 0.154. The molecule has 146 valence electrons. The van der Waals surface area contributed by atoms with Crippen molar-refractivity contribution < 1.29 is 14.2 Å². The number of nitrogens with two attached hydrogens (primary N) is 2. The van der Waals surface area contributed by atoms with E-state index in [-0.39, 0.29) is 18.6 Å². The molecular formula is C19H42N2O3. The lowest BCUT2D eigenvalue weighted by molar-refractivity contribution is -0.0955. The molecule has 0 aliphatic rings. The molecule has 5 heteroatoms. The van der Waals surface area contributed by atoms with E-state index in [1.165, 1.54) is 57.8 Å². The van der Waals surface area contributed by atoms with Crippen LogP contribution >= 0.6 is 0 Å². The van der Waals surface area contributed by atoms with Crippen molar-refractivity contribution >= 4 is 0 Å². The first-order valence-corrected chi connectivity index (χ1v) is 9.92. The maximum absolute atomic E-state index is 5.70. The van der Waals surface area contributed by atoms with Gasteiger partial charge in [0.05, 0.1) is 13.2 Å². The topological polar surface area (TPSA) is 79.7 Å². The minimum Gasteiger partial charge on any atom is -0.379 e. The Morgan fingerprint density at radius 2 is 1.25 bits per heavy atom. The van der Waals surface area contributed by atoms with Gasteiger partial charge in [0.25, 0.3) is 0 Å². The average Bonchev–Trinajstić information content (AvgIpc) is 2.52. The molecule has 3 unspecified atom stereocenters. The molecular weight excluding hydrogens is 304 g/mol. The van der Waals surface area contributed by atoms with Crippen molar-refractivity contribution in [2.45, 2.75) is 104 Å². The number of unbranched alkanes of at least 4 members (excludes halogenated alkanes) is 9. The van der Waals surface area contributed by atoms with E-state index in [0.29, 0.717) is 13.2 Å². The lowest BCUT2D eigenvalue weighted by atomic mass is 10.1. The molecule has 0 aromatic heterocycles. The third kappa shape index (κ3) is 18.1. The maximum atomic E-state index is 5.70. The van der Waals surface area contributed by atoms with Gasteiger partial charge in [0.1, 0.15) is 18.6 Å². The normalized spacial score (nSPS) is 15.4. The molecule has 0 aliphatic carbocycles. The number of ether oxygens (including phenoxy) is 3. The van der Waals surface area contributed by atoms with Gasteiger partial charge >= 0.3 is 0 Å². The fourth-order valence-corrected chi connectivity index (χ4v) is 2.60. The highest BCUT2D eigenvalue weighted by molar-refractivity contribution is 4.58. The molecule has 0 saturated carbocycles. The zero-order chi connectivity index (χ0) is 18.0. The van der Waals surface area contributed by atoms with E-state index in [9.17, 15) is 0 Å². The van der Waals surface area contributed by atoms with E-state index in [4.69, 9.17) is 25.7 Å². The molecule has 0 amide bonds. The summed E-state index contributed by atoms with van der Waals surface area (Å²) in [5.74, 6) is 0. The van der Waals surface area contributed by atoms with Gasteiger partial charge in [0.15, 0.2) is 0 Å². The maximum Gasteiger partial charge on any atom is 0.106 e. The van der Waals surface area contributed by atoms with E-state index >= 15 is 0 Å². The van der Waals surface area contributed by atoms with Crippen LogP contribution in [0, 0.1) is 0 Å². The summed E-state index contributed by atoms with van der Waals surface area (Å²) in [6.07, 6.45) is 12.5. The van der Waals surface area contributed by atoms with Crippen molar-refractivity contribution in [1.29, 1.82) is 0 Å². The second kappa shape index (κ2) is 17.6. The fraction of sp³-hybridized carbons (Fsp3) is 1.00. The van der Waals surface area contributed by atoms with Crippen molar-refractivity contribution in [2.75, 3.05) is 19.8 Å². The molecule has 0 bridgehead atoms. The summed E-state index contributed by atoms with van der Waals surface area (Å²) in [5.41, 5.74) is 11.3. The third-order valence-electron chi connectivity index (χ3n) is 3.90. The van der Waals surface area contributed by atoms with E-state index in [1.807, 2.05) is 0 Å². The zero-order valence-electron chi connectivity index (χ0n) is 16.3. The summed E-state index contributed by atoms with van der Waals surface area (Å²) in [5, 5.41) is 0. The van der Waals surface area contributed by atoms with E-state index in [0.717, 1.165) is 13.0 Å². The molecule has 0 saturated heterocycles. The van der Waals surface area contributed by atoms with Gasteiger partial charge < -0.3 is 25.7 Å². The zero-order valence-corrected chi connectivity index (χ0v) is 16.3. The Morgan fingerprint density at radius 1 is 0.708 bits per heavy atom. The first kappa shape index (κ1) is 23.8. The Morgan fingerprint density at radius 3 is 1.75 bits per heavy atom. The monoisotopic (exact) mass is 346 g/mol. The van der Waals surface area contributed by atoms with E-state index in [1.54, 1.807) is 13.8 Å². The summed E-state index contributed by atoms with van der Waals surface area (Å²) in [7, 11) is 0. The molecule has 0 radical (unpaired) electrons. The van der Waals surface area contributed by atoms with Gasteiger partial charge in [0, 0.05) is 6.61 Å². The van der Waals surface area contributed by atoms with Crippen LogP contribution in [-0.2, 0) is 14.2 Å². The van der Waals surface area contributed by atoms with Gasteiger partial charge in [-0.05, 0) is 20.3 Å². The van der Waals surface area contributed by atoms with Crippen LogP contribution in [0.3, 0.4) is 0 Å². The van der Waals surface area contributed by atoms with Crippen molar-refractivity contribution in [2.24, 2.45) is 11.5 Å². The SMILES string of the molecule is CCCCCCCCCCCCOCC(COC(C)N)OC(C)N. The van der Waals surface area contributed by atoms with Gasteiger partial charge in [-0.1, -0.05) is 64.7 Å². The molecule has 0 aliphatic heterocycles. The van der Waals surface area contributed by atoms with Gasteiger partial charge in [-0.2, -0.15) is 0 Å². The third-order valence-corrected chi connectivity index (χ3v) is 3.90. The Kier molecular flexibility index (Phi) is 17.5. The standard InChI is InChI=1S/C19H42N2O3/c1-4-5-6-7-8-9-10-11-12-13-14-22-15-19(24-18(3)21)16-23-17(2)20/h17-19H,4-16,20-21H2,1-3H3. The lowest BCUT2D eigenvalue weighted by Crippen LogP contribution is -2.35. The Hall–Kier alpha value is -0.200. The predicted octanol–water partition coefficient (Wildman–Crippen LogP) is 3.94. The molecule has 0 aromatic rings. The first-order chi connectivity index (χ1) is 11.6. The summed E-state index contributed by atoms with van der Waals surface area (Å²) < 4.78 is 16.7. The van der Waals surface area contributed by atoms with Crippen LogP contribution in [0.15, 0.2) is 0 Å². The van der Waals surface area contributed by atoms with Crippen LogP contribution in [0.1, 0.15) is 85.0 Å². The van der Waals surface area contributed by atoms with Crippen molar-refractivity contribution in [3.63, 3.8) is 0 Å². The molecule has 0 spiro atoms. The van der Waals surface area contributed by atoms with Gasteiger partial charge in [-0.3, -0.25) is 0 Å². The summed E-state index contributed by atoms with van der Waals surface area (Å²) in [6, 6.07) is 0. The lowest BCUT2D eigenvalue weighted by Gasteiger charge is -2.21. The van der Waals surface area contributed by atoms with E-state index < -0.39 is 0 Å². The van der Waals surface area contributed by atoms with Gasteiger partial charge in [-0.25, -0.2) is 0 Å². The highest BCUT2D eigenvalue weighted by Gasteiger charge is 2.13. The molecule has 5 nitrogen and oxygen atoms in total.